The van der Waals surface area contributed by atoms with E-state index in [2.05, 4.69) is 38.2 Å². The van der Waals surface area contributed by atoms with Crippen LogP contribution in [0.1, 0.15) is 194 Å². The Bertz CT molecular complexity index is 1250. The molecule has 0 aromatic heterocycles. The Morgan fingerprint density at radius 1 is 0.470 bits per heavy atom. The standard InChI is InChI=1S/C51H92O15/c1-3-5-7-9-11-13-15-17-19-21-23-25-27-29-31-33-42(53)61-36-39(64-43(54)34-32-30-28-26-24-22-20-18-16-14-12-10-8-6-4-2)37-62-50-49(60)47(58)45(56)41(66-50)38-63-51-48(59)46(57)44(55)40(35-52)65-51/h10,12,21,23,39-41,44-52,55-60H,3-9,11,13-20,22,24-38H2,1-2H3/b12-10+,23-21+/t39-,40-,41-,44+,45+,46?,47?,48?,49?,50-,51-/m1/s1. The lowest BCUT2D eigenvalue weighted by Gasteiger charge is -2.42. The minimum Gasteiger partial charge on any atom is -0.462 e. The van der Waals surface area contributed by atoms with Gasteiger partial charge < -0.3 is 64.2 Å². The van der Waals surface area contributed by atoms with E-state index in [4.69, 9.17) is 28.4 Å². The summed E-state index contributed by atoms with van der Waals surface area (Å²) in [5.74, 6) is -0.941. The monoisotopic (exact) mass is 945 g/mol. The summed E-state index contributed by atoms with van der Waals surface area (Å²) in [7, 11) is 0. The molecule has 0 amide bonds. The van der Waals surface area contributed by atoms with E-state index in [1.165, 1.54) is 103 Å². The van der Waals surface area contributed by atoms with Crippen LogP contribution in [0.4, 0.5) is 0 Å². The maximum Gasteiger partial charge on any atom is 0.306 e. The summed E-state index contributed by atoms with van der Waals surface area (Å²) in [5.41, 5.74) is 0. The van der Waals surface area contributed by atoms with Crippen LogP contribution in [0.3, 0.4) is 0 Å². The maximum absolute atomic E-state index is 13.0. The zero-order chi connectivity index (χ0) is 48.2. The number of carbonyl (C=O) groups is 2. The lowest BCUT2D eigenvalue weighted by atomic mass is 9.98. The Hall–Kier alpha value is -2.02. The van der Waals surface area contributed by atoms with Crippen molar-refractivity contribution in [2.45, 2.75) is 261 Å². The van der Waals surface area contributed by atoms with Crippen LogP contribution in [0.25, 0.3) is 0 Å². The Morgan fingerprint density at radius 3 is 1.39 bits per heavy atom. The van der Waals surface area contributed by atoms with Crippen molar-refractivity contribution in [1.29, 1.82) is 0 Å². The molecule has 2 fully saturated rings. The number of ether oxygens (including phenoxy) is 6. The summed E-state index contributed by atoms with van der Waals surface area (Å²) in [6.45, 7) is 2.55. The van der Waals surface area contributed by atoms with E-state index in [-0.39, 0.29) is 26.1 Å². The predicted octanol–water partition coefficient (Wildman–Crippen LogP) is 7.16. The molecule has 4 unspecified atom stereocenters. The average Bonchev–Trinajstić information content (AvgIpc) is 3.31. The lowest BCUT2D eigenvalue weighted by molar-refractivity contribution is -0.332. The topological polar surface area (TPSA) is 231 Å². The van der Waals surface area contributed by atoms with Gasteiger partial charge in [-0.25, -0.2) is 0 Å². The number of rotatable bonds is 40. The number of aliphatic hydroxyl groups excluding tert-OH is 7. The first-order valence-electron chi connectivity index (χ1n) is 25.9. The van der Waals surface area contributed by atoms with Crippen LogP contribution in [0.15, 0.2) is 24.3 Å². The molecule has 66 heavy (non-hydrogen) atoms. The first kappa shape index (κ1) is 60.1. The Labute approximate surface area is 396 Å². The zero-order valence-electron chi connectivity index (χ0n) is 40.7. The highest BCUT2D eigenvalue weighted by atomic mass is 16.7. The van der Waals surface area contributed by atoms with Crippen LogP contribution in [0.2, 0.25) is 0 Å². The van der Waals surface area contributed by atoms with Gasteiger partial charge in [-0.15, -0.1) is 0 Å². The molecule has 0 bridgehead atoms. The van der Waals surface area contributed by atoms with Gasteiger partial charge in [-0.2, -0.15) is 0 Å². The third kappa shape index (κ3) is 26.7. The summed E-state index contributed by atoms with van der Waals surface area (Å²) >= 11 is 0. The Balaban J connectivity index is 1.81. The molecule has 11 atom stereocenters. The van der Waals surface area contributed by atoms with Crippen molar-refractivity contribution in [2.75, 3.05) is 26.4 Å². The fraction of sp³-hybridized carbons (Fsp3) is 0.882. The number of aliphatic hydroxyl groups is 7. The molecule has 0 aromatic rings. The predicted molar refractivity (Wildman–Crippen MR) is 252 cm³/mol. The normalized spacial score (nSPS) is 26.3. The molecular weight excluding hydrogens is 853 g/mol. The molecule has 386 valence electrons. The first-order valence-corrected chi connectivity index (χ1v) is 25.9. The number of hydrogen-bond donors (Lipinski definition) is 7. The highest BCUT2D eigenvalue weighted by Gasteiger charge is 2.47. The van der Waals surface area contributed by atoms with Gasteiger partial charge in [0.15, 0.2) is 18.7 Å². The molecule has 0 aromatic carbocycles. The molecule has 2 rings (SSSR count). The number of hydrogen-bond acceptors (Lipinski definition) is 15. The largest absolute Gasteiger partial charge is 0.462 e. The van der Waals surface area contributed by atoms with E-state index in [0.717, 1.165) is 51.4 Å². The summed E-state index contributed by atoms with van der Waals surface area (Å²) in [4.78, 5) is 25.7. The molecule has 0 aliphatic carbocycles. The molecule has 2 aliphatic rings. The molecule has 0 spiro atoms. The number of unbranched alkanes of at least 4 members (excludes halogenated alkanes) is 22. The van der Waals surface area contributed by atoms with Crippen LogP contribution >= 0.6 is 0 Å². The highest BCUT2D eigenvalue weighted by Crippen LogP contribution is 2.26. The Morgan fingerprint density at radius 2 is 0.879 bits per heavy atom. The van der Waals surface area contributed by atoms with E-state index in [0.29, 0.717) is 12.8 Å². The van der Waals surface area contributed by atoms with Crippen molar-refractivity contribution in [3.63, 3.8) is 0 Å². The molecule has 7 N–H and O–H groups in total. The van der Waals surface area contributed by atoms with Gasteiger partial charge >= 0.3 is 11.9 Å². The number of esters is 2. The quantitative estimate of drug-likeness (QED) is 0.0184. The van der Waals surface area contributed by atoms with Gasteiger partial charge in [0.05, 0.1) is 19.8 Å². The fourth-order valence-corrected chi connectivity index (χ4v) is 8.07. The summed E-state index contributed by atoms with van der Waals surface area (Å²) in [5, 5.41) is 72.1. The van der Waals surface area contributed by atoms with Crippen molar-refractivity contribution in [3.05, 3.63) is 24.3 Å². The summed E-state index contributed by atoms with van der Waals surface area (Å²) < 4.78 is 33.6. The Kier molecular flexibility index (Phi) is 35.3. The fourth-order valence-electron chi connectivity index (χ4n) is 8.07. The second-order valence-corrected chi connectivity index (χ2v) is 18.3. The van der Waals surface area contributed by atoms with Crippen molar-refractivity contribution >= 4 is 11.9 Å². The van der Waals surface area contributed by atoms with Gasteiger partial charge in [-0.3, -0.25) is 9.59 Å². The SMILES string of the molecule is CCCC/C=C/CCCCCCCCCCCC(=O)O[C@H](COC(=O)CCCCC/C=C/CCCCCCCCCC)CO[C@@H]1O[C@H](CO[C@@H]2O[C@H](CO)[C@H](O)C(O)C2O)[C@H](O)C(O)C1O. The number of allylic oxidation sites excluding steroid dienone is 4. The smallest absolute Gasteiger partial charge is 0.306 e. The second kappa shape index (κ2) is 38.8. The van der Waals surface area contributed by atoms with Crippen molar-refractivity contribution in [2.24, 2.45) is 0 Å². The summed E-state index contributed by atoms with van der Waals surface area (Å²) in [6, 6.07) is 0. The van der Waals surface area contributed by atoms with Crippen LogP contribution in [0.5, 0.6) is 0 Å². The minimum atomic E-state index is -1.76. The third-order valence-corrected chi connectivity index (χ3v) is 12.4. The number of carbonyl (C=O) groups excluding carboxylic acids is 2. The van der Waals surface area contributed by atoms with Gasteiger partial charge in [0.25, 0.3) is 0 Å². The van der Waals surface area contributed by atoms with Gasteiger partial charge in [-0.1, -0.05) is 147 Å². The summed E-state index contributed by atoms with van der Waals surface area (Å²) in [6.07, 6.45) is 22.0. The van der Waals surface area contributed by atoms with Crippen LogP contribution in [-0.4, -0.2) is 142 Å². The zero-order valence-corrected chi connectivity index (χ0v) is 40.7. The van der Waals surface area contributed by atoms with Crippen LogP contribution in [0, 0.1) is 0 Å². The van der Waals surface area contributed by atoms with Crippen molar-refractivity contribution in [1.82, 2.24) is 0 Å². The molecule has 15 heteroatoms. The van der Waals surface area contributed by atoms with E-state index in [1.807, 2.05) is 0 Å². The molecule has 15 nitrogen and oxygen atoms in total. The molecule has 0 radical (unpaired) electrons. The van der Waals surface area contributed by atoms with E-state index >= 15 is 0 Å². The molecular formula is C51H92O15. The average molecular weight is 945 g/mol. The molecule has 2 heterocycles. The van der Waals surface area contributed by atoms with Gasteiger partial charge in [0, 0.05) is 12.8 Å². The second-order valence-electron chi connectivity index (χ2n) is 18.3. The van der Waals surface area contributed by atoms with Crippen molar-refractivity contribution < 1.29 is 73.8 Å². The van der Waals surface area contributed by atoms with E-state index < -0.39 is 92.7 Å². The third-order valence-electron chi connectivity index (χ3n) is 12.4. The molecule has 2 saturated heterocycles. The van der Waals surface area contributed by atoms with Gasteiger partial charge in [-0.05, 0) is 57.8 Å². The lowest BCUT2D eigenvalue weighted by Crippen LogP contribution is -2.61. The van der Waals surface area contributed by atoms with E-state index in [1.54, 1.807) is 0 Å². The first-order chi connectivity index (χ1) is 32.0. The van der Waals surface area contributed by atoms with Gasteiger partial charge in [0.2, 0.25) is 0 Å². The molecule has 0 saturated carbocycles. The van der Waals surface area contributed by atoms with Crippen LogP contribution < -0.4 is 0 Å². The van der Waals surface area contributed by atoms with Gasteiger partial charge in [0.1, 0.15) is 55.4 Å². The van der Waals surface area contributed by atoms with Crippen LogP contribution in [-0.2, 0) is 38.0 Å². The van der Waals surface area contributed by atoms with Crippen molar-refractivity contribution in [3.8, 4) is 0 Å². The maximum atomic E-state index is 13.0. The van der Waals surface area contributed by atoms with E-state index in [9.17, 15) is 45.3 Å². The molecule has 2 aliphatic heterocycles. The highest BCUT2D eigenvalue weighted by molar-refractivity contribution is 5.70. The minimum absolute atomic E-state index is 0.161.